The summed E-state index contributed by atoms with van der Waals surface area (Å²) < 4.78 is 0. The Bertz CT molecular complexity index is 962. The molecule has 6 nitrogen and oxygen atoms in total. The molecule has 2 amide bonds. The molecule has 6 rings (SSSR count). The van der Waals surface area contributed by atoms with Crippen LogP contribution in [0.25, 0.3) is 0 Å². The van der Waals surface area contributed by atoms with Gasteiger partial charge in [0.1, 0.15) is 5.66 Å². The Morgan fingerprint density at radius 3 is 2.79 bits per heavy atom. The molecule has 1 aliphatic heterocycles. The second-order valence-electron chi connectivity index (χ2n) is 9.02. The number of benzene rings is 1. The second-order valence-corrected chi connectivity index (χ2v) is 9.02. The summed E-state index contributed by atoms with van der Waals surface area (Å²) in [6.07, 6.45) is 7.05. The van der Waals surface area contributed by atoms with Crippen molar-refractivity contribution in [3.63, 3.8) is 0 Å². The highest BCUT2D eigenvalue weighted by atomic mass is 16.2. The number of fused-ring (bicyclic) bond motifs is 3. The number of nitrogens with one attached hydrogen (secondary N) is 3. The first-order valence-corrected chi connectivity index (χ1v) is 10.4. The molecule has 4 atom stereocenters. The smallest absolute Gasteiger partial charge is 0.255 e. The molecule has 2 aromatic rings. The van der Waals surface area contributed by atoms with E-state index >= 15 is 0 Å². The Morgan fingerprint density at radius 1 is 1.21 bits per heavy atom. The van der Waals surface area contributed by atoms with Crippen LogP contribution in [0, 0.1) is 17.3 Å². The first kappa shape index (κ1) is 18.2. The molecule has 29 heavy (non-hydrogen) atoms. The number of carbonyl (C=O) groups excluding carboxylic acids is 2. The van der Waals surface area contributed by atoms with Crippen molar-refractivity contribution in [1.29, 1.82) is 0 Å². The Morgan fingerprint density at radius 2 is 2.00 bits per heavy atom. The van der Waals surface area contributed by atoms with Crippen molar-refractivity contribution in [2.75, 3.05) is 5.32 Å². The summed E-state index contributed by atoms with van der Waals surface area (Å²) in [4.78, 5) is 29.9. The van der Waals surface area contributed by atoms with E-state index in [2.05, 4.69) is 27.9 Å². The van der Waals surface area contributed by atoms with E-state index in [9.17, 15) is 9.59 Å². The number of carbonyl (C=O) groups is 2. The van der Waals surface area contributed by atoms with Crippen molar-refractivity contribution in [3.05, 3.63) is 59.9 Å². The molecule has 2 heterocycles. The molecular formula is C23H26N4O2. The van der Waals surface area contributed by atoms with Gasteiger partial charge in [-0.25, -0.2) is 0 Å². The van der Waals surface area contributed by atoms with E-state index in [1.54, 1.807) is 12.4 Å². The average Bonchev–Trinajstić information content (AvgIpc) is 2.72. The summed E-state index contributed by atoms with van der Waals surface area (Å²) in [6, 6.07) is 11.5. The van der Waals surface area contributed by atoms with E-state index in [1.807, 2.05) is 36.4 Å². The van der Waals surface area contributed by atoms with Crippen LogP contribution in [0.2, 0.25) is 0 Å². The highest BCUT2D eigenvalue weighted by molar-refractivity contribution is 6.02. The highest BCUT2D eigenvalue weighted by Crippen LogP contribution is 2.58. The predicted molar refractivity (Wildman–Crippen MR) is 110 cm³/mol. The third-order valence-corrected chi connectivity index (χ3v) is 7.20. The zero-order valence-corrected chi connectivity index (χ0v) is 16.6. The lowest BCUT2D eigenvalue weighted by Crippen LogP contribution is -2.70. The van der Waals surface area contributed by atoms with Crippen molar-refractivity contribution in [2.24, 2.45) is 17.3 Å². The molecule has 1 aromatic heterocycles. The molecule has 6 heteroatoms. The lowest BCUT2D eigenvalue weighted by molar-refractivity contribution is -0.139. The number of amides is 2. The summed E-state index contributed by atoms with van der Waals surface area (Å²) in [5.41, 5.74) is 2.03. The monoisotopic (exact) mass is 390 g/mol. The van der Waals surface area contributed by atoms with Crippen LogP contribution in [0.15, 0.2) is 48.8 Å². The fraction of sp³-hybridized carbons (Fsp3) is 0.435. The van der Waals surface area contributed by atoms with Gasteiger partial charge in [-0.2, -0.15) is 0 Å². The quantitative estimate of drug-likeness (QED) is 0.752. The van der Waals surface area contributed by atoms with Gasteiger partial charge in [-0.3, -0.25) is 14.6 Å². The predicted octanol–water partition coefficient (Wildman–Crippen LogP) is 3.08. The van der Waals surface area contributed by atoms with Crippen LogP contribution in [0.4, 0.5) is 5.69 Å². The van der Waals surface area contributed by atoms with Crippen molar-refractivity contribution in [1.82, 2.24) is 15.6 Å². The molecule has 3 fully saturated rings. The van der Waals surface area contributed by atoms with Gasteiger partial charge in [0.15, 0.2) is 0 Å². The summed E-state index contributed by atoms with van der Waals surface area (Å²) in [5.74, 6) is 0.295. The van der Waals surface area contributed by atoms with Crippen molar-refractivity contribution in [2.45, 2.75) is 44.8 Å². The maximum Gasteiger partial charge on any atom is 0.255 e. The summed E-state index contributed by atoms with van der Waals surface area (Å²) in [5, 5.41) is 10.0. The van der Waals surface area contributed by atoms with E-state index in [1.165, 1.54) is 0 Å². The van der Waals surface area contributed by atoms with Crippen LogP contribution in [-0.4, -0.2) is 22.5 Å². The topological polar surface area (TPSA) is 83.1 Å². The molecule has 2 bridgehead atoms. The number of pyridine rings is 1. The van der Waals surface area contributed by atoms with E-state index < -0.39 is 5.66 Å². The molecule has 3 saturated carbocycles. The number of rotatable bonds is 3. The highest BCUT2D eigenvalue weighted by Gasteiger charge is 2.60. The zero-order chi connectivity index (χ0) is 20.1. The zero-order valence-electron chi connectivity index (χ0n) is 16.6. The maximum atomic E-state index is 13.1. The normalized spacial score (nSPS) is 32.2. The van der Waals surface area contributed by atoms with Crippen LogP contribution < -0.4 is 16.0 Å². The minimum atomic E-state index is -0.458. The molecule has 3 N–H and O–H groups in total. The fourth-order valence-corrected chi connectivity index (χ4v) is 5.67. The van der Waals surface area contributed by atoms with E-state index in [-0.39, 0.29) is 29.1 Å². The Kier molecular flexibility index (Phi) is 4.12. The van der Waals surface area contributed by atoms with Gasteiger partial charge in [0, 0.05) is 36.5 Å². The fourth-order valence-electron chi connectivity index (χ4n) is 5.67. The van der Waals surface area contributed by atoms with Crippen LogP contribution in [0.3, 0.4) is 0 Å². The third kappa shape index (κ3) is 2.98. The summed E-state index contributed by atoms with van der Waals surface area (Å²) in [6.45, 7) is 2.72. The molecule has 4 aliphatic rings. The number of hydrogen-bond donors (Lipinski definition) is 3. The van der Waals surface area contributed by atoms with Gasteiger partial charge < -0.3 is 16.0 Å². The van der Waals surface area contributed by atoms with E-state index in [4.69, 9.17) is 0 Å². The number of hydrogen-bond acceptors (Lipinski definition) is 4. The van der Waals surface area contributed by atoms with Crippen LogP contribution in [0.1, 0.15) is 48.5 Å². The summed E-state index contributed by atoms with van der Waals surface area (Å²) >= 11 is 0. The van der Waals surface area contributed by atoms with Crippen LogP contribution >= 0.6 is 0 Å². The Balaban J connectivity index is 1.35. The standard InChI is InChI=1S/C23H26N4O2/c1-22-9-6-16(12-18(22)21(29)25-13-15-7-10-24-11-8-15)23(14-22)26-19-5-3-2-4-17(19)20(28)27-23/h2-5,7-8,10-11,16,18,26H,6,9,12-14H2,1H3,(H,25,29)(H,27,28)/t16-,18-,22+,23+/m1/s1. The number of aromatic nitrogens is 1. The van der Waals surface area contributed by atoms with E-state index in [0.717, 1.165) is 36.9 Å². The molecule has 0 saturated heterocycles. The first-order valence-electron chi connectivity index (χ1n) is 10.4. The van der Waals surface area contributed by atoms with Crippen molar-refractivity contribution < 1.29 is 9.59 Å². The van der Waals surface area contributed by atoms with E-state index in [0.29, 0.717) is 12.1 Å². The van der Waals surface area contributed by atoms with Gasteiger partial charge in [0.2, 0.25) is 5.91 Å². The molecular weight excluding hydrogens is 364 g/mol. The minimum absolute atomic E-state index is 0.0193. The van der Waals surface area contributed by atoms with Crippen molar-refractivity contribution >= 4 is 17.5 Å². The molecule has 3 aliphatic carbocycles. The Labute approximate surface area is 170 Å². The lowest BCUT2D eigenvalue weighted by Gasteiger charge is -2.60. The molecule has 150 valence electrons. The molecule has 0 radical (unpaired) electrons. The lowest BCUT2D eigenvalue weighted by atomic mass is 9.51. The van der Waals surface area contributed by atoms with Crippen LogP contribution in [0.5, 0.6) is 0 Å². The molecule has 0 unspecified atom stereocenters. The number of para-hydroxylation sites is 1. The average molecular weight is 390 g/mol. The van der Waals surface area contributed by atoms with Crippen LogP contribution in [-0.2, 0) is 11.3 Å². The third-order valence-electron chi connectivity index (χ3n) is 7.20. The van der Waals surface area contributed by atoms with Gasteiger partial charge in [-0.15, -0.1) is 0 Å². The van der Waals surface area contributed by atoms with Gasteiger partial charge in [0.25, 0.3) is 5.91 Å². The maximum absolute atomic E-state index is 13.1. The Hall–Kier alpha value is -2.89. The van der Waals surface area contributed by atoms with Gasteiger partial charge in [0.05, 0.1) is 5.56 Å². The SMILES string of the molecule is C[C@@]12CC[C@H](C[C@@H]1C(=O)NCc1ccncc1)[C@]1(C2)NC(=O)c2ccccc2N1. The van der Waals surface area contributed by atoms with Crippen molar-refractivity contribution in [3.8, 4) is 0 Å². The summed E-state index contributed by atoms with van der Waals surface area (Å²) in [7, 11) is 0. The van der Waals surface area contributed by atoms with Gasteiger partial charge in [-0.1, -0.05) is 19.1 Å². The second kappa shape index (κ2) is 6.58. The molecule has 1 spiro atoms. The minimum Gasteiger partial charge on any atom is -0.362 e. The largest absolute Gasteiger partial charge is 0.362 e. The van der Waals surface area contributed by atoms with Gasteiger partial charge in [-0.05, 0) is 60.9 Å². The molecule has 1 aromatic carbocycles. The number of nitrogens with zero attached hydrogens (tertiary/aromatic N) is 1. The first-order chi connectivity index (χ1) is 14.0. The number of anilines is 1. The van der Waals surface area contributed by atoms with Gasteiger partial charge >= 0.3 is 0 Å².